The third-order valence-corrected chi connectivity index (χ3v) is 7.10. The van der Waals surface area contributed by atoms with Crippen LogP contribution in [0.1, 0.15) is 36.0 Å². The number of nitrogens with one attached hydrogen (secondary N) is 1. The summed E-state index contributed by atoms with van der Waals surface area (Å²) in [6.07, 6.45) is 7.04. The van der Waals surface area contributed by atoms with E-state index in [0.717, 1.165) is 55.0 Å². The number of likely N-dealkylation sites (tertiary alicyclic amines) is 1. The van der Waals surface area contributed by atoms with Crippen LogP contribution in [0, 0.1) is 19.7 Å². The van der Waals surface area contributed by atoms with Gasteiger partial charge in [0.1, 0.15) is 23.5 Å². The molecule has 2 aromatic rings. The summed E-state index contributed by atoms with van der Waals surface area (Å²) in [5.41, 5.74) is 8.06. The SMILES string of the molecule is Cc1cccc(C)c1N(C)C1=CC(c2ccc(F)c(Cl)c2)=NC2=CC(C(=O)N3CCCCC3)NN21. The van der Waals surface area contributed by atoms with Crippen molar-refractivity contribution in [3.63, 3.8) is 0 Å². The molecule has 1 unspecified atom stereocenters. The molecule has 5 rings (SSSR count). The Hall–Kier alpha value is -3.16. The van der Waals surface area contributed by atoms with Crippen LogP contribution >= 0.6 is 11.6 Å². The number of amides is 1. The molecule has 3 aliphatic rings. The molecule has 0 aromatic heterocycles. The summed E-state index contributed by atoms with van der Waals surface area (Å²) in [6.45, 7) is 5.73. The van der Waals surface area contributed by atoms with Gasteiger partial charge in [-0.25, -0.2) is 19.8 Å². The van der Waals surface area contributed by atoms with Crippen LogP contribution in [-0.2, 0) is 4.79 Å². The summed E-state index contributed by atoms with van der Waals surface area (Å²) >= 11 is 6.08. The fourth-order valence-corrected chi connectivity index (χ4v) is 5.20. The molecule has 1 fully saturated rings. The molecule has 1 atom stereocenters. The minimum Gasteiger partial charge on any atom is -0.341 e. The summed E-state index contributed by atoms with van der Waals surface area (Å²) in [7, 11) is 2.00. The fraction of sp³-hybridized carbons (Fsp3) is 0.333. The zero-order chi connectivity index (χ0) is 24.7. The lowest BCUT2D eigenvalue weighted by molar-refractivity contribution is -0.133. The van der Waals surface area contributed by atoms with Gasteiger partial charge in [0.15, 0.2) is 0 Å². The molecule has 35 heavy (non-hydrogen) atoms. The minimum atomic E-state index is -0.502. The molecule has 3 aliphatic heterocycles. The van der Waals surface area contributed by atoms with E-state index in [4.69, 9.17) is 16.6 Å². The van der Waals surface area contributed by atoms with Gasteiger partial charge in [-0.3, -0.25) is 4.79 Å². The van der Waals surface area contributed by atoms with Crippen LogP contribution in [0.4, 0.5) is 10.1 Å². The van der Waals surface area contributed by atoms with Gasteiger partial charge in [-0.1, -0.05) is 29.8 Å². The molecule has 1 saturated heterocycles. The first-order chi connectivity index (χ1) is 16.8. The highest BCUT2D eigenvalue weighted by Gasteiger charge is 2.36. The van der Waals surface area contributed by atoms with E-state index in [0.29, 0.717) is 17.1 Å². The van der Waals surface area contributed by atoms with Gasteiger partial charge in [0.25, 0.3) is 0 Å². The van der Waals surface area contributed by atoms with Crippen molar-refractivity contribution in [3.8, 4) is 0 Å². The number of carbonyl (C=O) groups excluding carboxylic acids is 1. The van der Waals surface area contributed by atoms with Crippen molar-refractivity contribution in [2.75, 3.05) is 25.0 Å². The average molecular weight is 494 g/mol. The van der Waals surface area contributed by atoms with Gasteiger partial charge in [-0.15, -0.1) is 0 Å². The summed E-state index contributed by atoms with van der Waals surface area (Å²) < 4.78 is 13.8. The first kappa shape index (κ1) is 23.6. The van der Waals surface area contributed by atoms with Crippen molar-refractivity contribution in [1.29, 1.82) is 0 Å². The second-order valence-electron chi connectivity index (χ2n) is 9.28. The van der Waals surface area contributed by atoms with Crippen molar-refractivity contribution < 1.29 is 9.18 Å². The number of benzene rings is 2. The Morgan fingerprint density at radius 2 is 1.86 bits per heavy atom. The van der Waals surface area contributed by atoms with Crippen molar-refractivity contribution in [1.82, 2.24) is 15.3 Å². The number of hydrazine groups is 1. The number of rotatable bonds is 4. The molecule has 2 aromatic carbocycles. The third-order valence-electron chi connectivity index (χ3n) is 6.81. The summed E-state index contributed by atoms with van der Waals surface area (Å²) in [5, 5.41) is 1.91. The van der Waals surface area contributed by atoms with Gasteiger partial charge >= 0.3 is 0 Å². The van der Waals surface area contributed by atoms with Gasteiger partial charge in [-0.05, 0) is 68.5 Å². The lowest BCUT2D eigenvalue weighted by atomic mass is 10.1. The molecular weight excluding hydrogens is 465 g/mol. The maximum absolute atomic E-state index is 13.8. The van der Waals surface area contributed by atoms with E-state index < -0.39 is 11.9 Å². The Labute approximate surface area is 210 Å². The van der Waals surface area contributed by atoms with E-state index in [1.54, 1.807) is 12.1 Å². The van der Waals surface area contributed by atoms with Crippen LogP contribution in [0.25, 0.3) is 0 Å². The molecule has 3 heterocycles. The van der Waals surface area contributed by atoms with Crippen molar-refractivity contribution in [2.24, 2.45) is 4.99 Å². The third kappa shape index (κ3) is 4.46. The van der Waals surface area contributed by atoms with Crippen LogP contribution in [0.15, 0.2) is 65.2 Å². The monoisotopic (exact) mass is 493 g/mol. The van der Waals surface area contributed by atoms with Gasteiger partial charge < -0.3 is 9.80 Å². The minimum absolute atomic E-state index is 0.0439. The van der Waals surface area contributed by atoms with E-state index in [-0.39, 0.29) is 10.9 Å². The zero-order valence-electron chi connectivity index (χ0n) is 20.2. The maximum Gasteiger partial charge on any atom is 0.245 e. The number of piperidine rings is 1. The number of halogens is 2. The smallest absolute Gasteiger partial charge is 0.245 e. The van der Waals surface area contributed by atoms with Gasteiger partial charge in [0.05, 0.1) is 10.7 Å². The highest BCUT2D eigenvalue weighted by atomic mass is 35.5. The second-order valence-corrected chi connectivity index (χ2v) is 9.69. The van der Waals surface area contributed by atoms with Gasteiger partial charge in [0, 0.05) is 37.5 Å². The number of carbonyl (C=O) groups is 1. The summed E-state index contributed by atoms with van der Waals surface area (Å²) in [6, 6.07) is 10.3. The molecule has 0 radical (unpaired) electrons. The quantitative estimate of drug-likeness (QED) is 0.657. The topological polar surface area (TPSA) is 51.2 Å². The lowest BCUT2D eigenvalue weighted by Crippen LogP contribution is -2.50. The Kier molecular flexibility index (Phi) is 6.38. The molecule has 0 saturated carbocycles. The van der Waals surface area contributed by atoms with E-state index in [9.17, 15) is 9.18 Å². The Bertz CT molecular complexity index is 1240. The molecule has 6 nitrogen and oxygen atoms in total. The second kappa shape index (κ2) is 9.47. The van der Waals surface area contributed by atoms with Crippen molar-refractivity contribution in [2.45, 2.75) is 39.2 Å². The van der Waals surface area contributed by atoms with Crippen LogP contribution in [0.3, 0.4) is 0 Å². The Morgan fingerprint density at radius 3 is 2.54 bits per heavy atom. The summed E-state index contributed by atoms with van der Waals surface area (Å²) in [4.78, 5) is 22.1. The number of fused-ring (bicyclic) bond motifs is 1. The number of allylic oxidation sites excluding steroid dienone is 1. The normalized spacial score (nSPS) is 19.7. The Morgan fingerprint density at radius 1 is 1.14 bits per heavy atom. The fourth-order valence-electron chi connectivity index (χ4n) is 5.02. The van der Waals surface area contributed by atoms with E-state index in [1.807, 2.05) is 35.2 Å². The van der Waals surface area contributed by atoms with Crippen molar-refractivity contribution in [3.05, 3.63) is 87.7 Å². The van der Waals surface area contributed by atoms with E-state index in [1.165, 1.54) is 6.07 Å². The molecule has 1 N–H and O–H groups in total. The van der Waals surface area contributed by atoms with Crippen LogP contribution in [0.2, 0.25) is 5.02 Å². The molecular formula is C27H29ClFN5O. The lowest BCUT2D eigenvalue weighted by Gasteiger charge is -2.36. The number of aliphatic imine (C=N–C) groups is 1. The standard InChI is InChI=1S/C27H29ClFN5O/c1-17-8-7-9-18(2)26(17)32(3)25-16-22(19-10-11-21(29)20(28)14-19)30-24-15-23(31-34(24)25)27(35)33-12-5-4-6-13-33/h7-11,14-16,23,31H,4-6,12-13H2,1-3H3. The van der Waals surface area contributed by atoms with Gasteiger partial charge in [-0.2, -0.15) is 0 Å². The van der Waals surface area contributed by atoms with Crippen LogP contribution < -0.4 is 10.3 Å². The van der Waals surface area contributed by atoms with Gasteiger partial charge in [0.2, 0.25) is 5.91 Å². The first-order valence-electron chi connectivity index (χ1n) is 12.0. The summed E-state index contributed by atoms with van der Waals surface area (Å²) in [5.74, 6) is 1.03. The van der Waals surface area contributed by atoms with E-state index in [2.05, 4.69) is 36.3 Å². The molecule has 182 valence electrons. The number of aryl methyl sites for hydroxylation is 2. The average Bonchev–Trinajstić information content (AvgIpc) is 3.29. The molecule has 1 amide bonds. The predicted molar refractivity (Wildman–Crippen MR) is 138 cm³/mol. The molecule has 0 bridgehead atoms. The highest BCUT2D eigenvalue weighted by molar-refractivity contribution is 6.31. The molecule has 0 spiro atoms. The number of hydrogen-bond acceptors (Lipinski definition) is 5. The molecule has 8 heteroatoms. The van der Waals surface area contributed by atoms with Crippen molar-refractivity contribution >= 4 is 28.9 Å². The Balaban J connectivity index is 1.55. The largest absolute Gasteiger partial charge is 0.341 e. The van der Waals surface area contributed by atoms with Crippen LogP contribution in [-0.4, -0.2) is 47.7 Å². The van der Waals surface area contributed by atoms with E-state index >= 15 is 0 Å². The maximum atomic E-state index is 13.8. The molecule has 0 aliphatic carbocycles. The first-order valence-corrected chi connectivity index (χ1v) is 12.3. The number of anilines is 1. The van der Waals surface area contributed by atoms with Crippen LogP contribution in [0.5, 0.6) is 0 Å². The zero-order valence-corrected chi connectivity index (χ0v) is 20.9. The number of nitrogens with zero attached hydrogens (tertiary/aromatic N) is 4. The highest BCUT2D eigenvalue weighted by Crippen LogP contribution is 2.33. The number of para-hydroxylation sites is 1. The predicted octanol–water partition coefficient (Wildman–Crippen LogP) is 4.92. The number of hydrogen-bond donors (Lipinski definition) is 1.